The number of aliphatic imine (C=N–C) groups is 2. The van der Waals surface area contributed by atoms with Gasteiger partial charge in [-0.2, -0.15) is 0 Å². The Kier molecular flexibility index (Phi) is 3.30. The maximum atomic E-state index is 10.6. The summed E-state index contributed by atoms with van der Waals surface area (Å²) in [4.78, 5) is 37.3. The number of carboxylic acid groups (broad SMARTS) is 2. The quantitative estimate of drug-likeness (QED) is 0.517. The van der Waals surface area contributed by atoms with Gasteiger partial charge in [0.25, 0.3) is 5.90 Å². The van der Waals surface area contributed by atoms with E-state index in [9.17, 15) is 9.59 Å². The van der Waals surface area contributed by atoms with Gasteiger partial charge in [0.05, 0.1) is 0 Å². The Balaban J connectivity index is 2.59. The number of carbonyl (C=O) groups is 2. The fraction of sp³-hybridized carbons (Fsp3) is 0.250. The van der Waals surface area contributed by atoms with Crippen LogP contribution in [0, 0.1) is 0 Å². The van der Waals surface area contributed by atoms with Gasteiger partial charge in [0.1, 0.15) is 0 Å². The lowest BCUT2D eigenvalue weighted by Gasteiger charge is -2.06. The number of likely N-dealkylation sites (N-methyl/N-ethyl adjacent to an activating group) is 2. The van der Waals surface area contributed by atoms with E-state index in [-0.39, 0.29) is 23.2 Å². The van der Waals surface area contributed by atoms with E-state index in [2.05, 4.69) is 20.9 Å². The molecule has 20 heavy (non-hydrogen) atoms. The van der Waals surface area contributed by atoms with Crippen LogP contribution in [0.15, 0.2) is 26.7 Å². The average Bonchev–Trinajstić information content (AvgIpc) is 2.83. The van der Waals surface area contributed by atoms with Crippen molar-refractivity contribution in [3.63, 3.8) is 0 Å². The van der Waals surface area contributed by atoms with Crippen LogP contribution < -0.4 is 5.59 Å². The van der Waals surface area contributed by atoms with Gasteiger partial charge in [0.15, 0.2) is 7.05 Å². The normalized spacial score (nSPS) is 25.7. The molecule has 0 spiro atoms. The summed E-state index contributed by atoms with van der Waals surface area (Å²) < 4.78 is 1.17. The molecule has 0 aromatic carbocycles. The highest BCUT2D eigenvalue weighted by Gasteiger charge is 2.42. The minimum atomic E-state index is -1.49. The molecular weight excluding hydrogens is 276 g/mol. The van der Waals surface area contributed by atoms with Gasteiger partial charge in [0.2, 0.25) is 11.0 Å². The van der Waals surface area contributed by atoms with E-state index in [1.54, 1.807) is 0 Å². The van der Waals surface area contributed by atoms with Crippen molar-refractivity contribution in [1.82, 2.24) is 10.6 Å². The van der Waals surface area contributed by atoms with Crippen LogP contribution in [0.5, 0.6) is 0 Å². The number of hydrogen-bond donors (Lipinski definition) is 3. The minimum Gasteiger partial charge on any atom is -0.463 e. The predicted octanol–water partition coefficient (Wildman–Crippen LogP) is -0.228. The van der Waals surface area contributed by atoms with E-state index >= 15 is 0 Å². The van der Waals surface area contributed by atoms with Gasteiger partial charge in [0, 0.05) is 7.05 Å². The molecule has 12 heteroatoms. The molecule has 3 N–H and O–H groups in total. The van der Waals surface area contributed by atoms with Gasteiger partial charge >= 0.3 is 23.8 Å². The molecule has 0 aromatic heterocycles. The highest BCUT2D eigenvalue weighted by molar-refractivity contribution is 6.07. The molecule has 2 heterocycles. The Hall–Kier alpha value is -3.02. The van der Waals surface area contributed by atoms with Crippen LogP contribution in [0.2, 0.25) is 0 Å². The molecule has 0 aromatic rings. The highest BCUT2D eigenvalue weighted by atomic mass is 16.7. The summed E-state index contributed by atoms with van der Waals surface area (Å²) in [5.74, 6) is -0.618. The van der Waals surface area contributed by atoms with Crippen molar-refractivity contribution in [3.8, 4) is 0 Å². The first-order valence-corrected chi connectivity index (χ1v) is 5.06. The van der Waals surface area contributed by atoms with Crippen LogP contribution in [0.3, 0.4) is 0 Å². The van der Waals surface area contributed by atoms with Gasteiger partial charge in [-0.25, -0.2) is 9.59 Å². The van der Waals surface area contributed by atoms with Gasteiger partial charge in [-0.1, -0.05) is 5.59 Å². The summed E-state index contributed by atoms with van der Waals surface area (Å²) in [6.45, 7) is 0. The average molecular weight is 285 g/mol. The predicted molar refractivity (Wildman–Crippen MR) is 59.6 cm³/mol. The van der Waals surface area contributed by atoms with Crippen LogP contribution >= 0.6 is 0 Å². The molecule has 2 amide bonds. The lowest BCUT2D eigenvalue weighted by molar-refractivity contribution is -0.519. The van der Waals surface area contributed by atoms with E-state index in [0.717, 1.165) is 0 Å². The number of nitrogens with zero attached hydrogens (tertiary/aromatic N) is 5. The number of rotatable bonds is 0. The molecule has 0 unspecified atom stereocenters. The fourth-order valence-corrected chi connectivity index (χ4v) is 1.51. The number of nitrogens with one attached hydrogen (secondary N) is 1. The molecule has 1 saturated heterocycles. The zero-order valence-electron chi connectivity index (χ0n) is 10.3. The SMILES string of the molecule is CN1NOC(=NC(=O)O)C1=C1C(=NC(=O)O)ON=[N+]1C. The van der Waals surface area contributed by atoms with Gasteiger partial charge in [-0.05, 0) is 4.70 Å². The van der Waals surface area contributed by atoms with Crippen LogP contribution in [0.4, 0.5) is 9.59 Å². The summed E-state index contributed by atoms with van der Waals surface area (Å²) in [6, 6.07) is 0. The van der Waals surface area contributed by atoms with Gasteiger partial charge in [-0.3, -0.25) is 9.85 Å². The van der Waals surface area contributed by atoms with Crippen molar-refractivity contribution in [1.29, 1.82) is 0 Å². The third kappa shape index (κ3) is 2.39. The summed E-state index contributed by atoms with van der Waals surface area (Å²) in [5.41, 5.74) is 2.54. The molecular formula is C8H9N6O6+. The zero-order valence-corrected chi connectivity index (χ0v) is 10.3. The molecule has 2 rings (SSSR count). The number of amides is 2. The Morgan fingerprint density at radius 3 is 2.50 bits per heavy atom. The second-order valence-electron chi connectivity index (χ2n) is 3.55. The summed E-state index contributed by atoms with van der Waals surface area (Å²) in [7, 11) is 2.95. The second kappa shape index (κ2) is 4.93. The summed E-state index contributed by atoms with van der Waals surface area (Å²) in [5, 5.41) is 22.1. The van der Waals surface area contributed by atoms with E-state index in [0.29, 0.717) is 0 Å². The molecule has 12 nitrogen and oxygen atoms in total. The molecule has 2 aliphatic heterocycles. The minimum absolute atomic E-state index is 0.0832. The van der Waals surface area contributed by atoms with Gasteiger partial charge < -0.3 is 15.1 Å². The lowest BCUT2D eigenvalue weighted by Crippen LogP contribution is -2.27. The van der Waals surface area contributed by atoms with Crippen molar-refractivity contribution in [2.75, 3.05) is 14.1 Å². The van der Waals surface area contributed by atoms with Crippen molar-refractivity contribution in [3.05, 3.63) is 11.4 Å². The number of hydrogen-bond acceptors (Lipinski definition) is 7. The van der Waals surface area contributed by atoms with E-state index in [1.165, 1.54) is 23.8 Å². The summed E-state index contributed by atoms with van der Waals surface area (Å²) in [6.07, 6.45) is -2.97. The molecule has 0 aliphatic carbocycles. The Morgan fingerprint density at radius 1 is 1.30 bits per heavy atom. The third-order valence-corrected chi connectivity index (χ3v) is 2.21. The molecule has 0 radical (unpaired) electrons. The molecule has 2 aliphatic rings. The maximum absolute atomic E-state index is 10.6. The second-order valence-corrected chi connectivity index (χ2v) is 3.55. The van der Waals surface area contributed by atoms with Crippen LogP contribution in [-0.4, -0.2) is 58.0 Å². The highest BCUT2D eigenvalue weighted by Crippen LogP contribution is 2.22. The fourth-order valence-electron chi connectivity index (χ4n) is 1.51. The van der Waals surface area contributed by atoms with Crippen LogP contribution in [0.1, 0.15) is 0 Å². The smallest absolute Gasteiger partial charge is 0.434 e. The molecule has 0 saturated carbocycles. The van der Waals surface area contributed by atoms with E-state index in [4.69, 9.17) is 19.9 Å². The molecule has 1 fully saturated rings. The van der Waals surface area contributed by atoms with Gasteiger partial charge in [-0.15, -0.1) is 9.98 Å². The lowest BCUT2D eigenvalue weighted by atomic mass is 10.3. The zero-order chi connectivity index (χ0) is 14.9. The first-order chi connectivity index (χ1) is 9.40. The first kappa shape index (κ1) is 13.4. The van der Waals surface area contributed by atoms with Crippen LogP contribution in [0.25, 0.3) is 0 Å². The Bertz CT molecular complexity index is 605. The maximum Gasteiger partial charge on any atom is 0.434 e. The third-order valence-electron chi connectivity index (χ3n) is 2.21. The topological polar surface area (TPSA) is 148 Å². The van der Waals surface area contributed by atoms with Crippen molar-refractivity contribution < 1.29 is 34.2 Å². The van der Waals surface area contributed by atoms with Crippen molar-refractivity contribution in [2.24, 2.45) is 15.3 Å². The monoisotopic (exact) mass is 285 g/mol. The summed E-state index contributed by atoms with van der Waals surface area (Å²) >= 11 is 0. The molecule has 0 atom stereocenters. The van der Waals surface area contributed by atoms with E-state index < -0.39 is 12.2 Å². The standard InChI is InChI=1S/C8H8N6O6/c1-13-3(5(19-11-13)9-7(15)16)4-6(10-8(17)18)20-12-14(4)2/h11H,1-2H3,(H-,15,16,17,18)/p+1. The Labute approximate surface area is 110 Å². The van der Waals surface area contributed by atoms with E-state index in [1.807, 2.05) is 0 Å². The van der Waals surface area contributed by atoms with Crippen molar-refractivity contribution >= 4 is 24.0 Å². The first-order valence-electron chi connectivity index (χ1n) is 5.06. The Morgan fingerprint density at radius 2 is 1.90 bits per heavy atom. The largest absolute Gasteiger partial charge is 0.463 e. The van der Waals surface area contributed by atoms with Crippen LogP contribution in [-0.2, 0) is 9.68 Å². The molecule has 0 bridgehead atoms. The van der Waals surface area contributed by atoms with Crippen molar-refractivity contribution in [2.45, 2.75) is 0 Å². The molecule has 106 valence electrons. The number of hydrazine groups is 1.